The molecule has 0 saturated carbocycles. The fraction of sp³-hybridized carbons (Fsp3) is 0.308. The predicted molar refractivity (Wildman–Crippen MR) is 70.1 cm³/mol. The lowest BCUT2D eigenvalue weighted by Gasteiger charge is -2.28. The van der Waals surface area contributed by atoms with Gasteiger partial charge in [0.2, 0.25) is 0 Å². The molecule has 0 bridgehead atoms. The van der Waals surface area contributed by atoms with Crippen LogP contribution in [0.4, 0.5) is 5.69 Å². The highest BCUT2D eigenvalue weighted by Gasteiger charge is 2.29. The summed E-state index contributed by atoms with van der Waals surface area (Å²) in [5, 5.41) is 5.26. The summed E-state index contributed by atoms with van der Waals surface area (Å²) >= 11 is 0. The molecule has 0 spiro atoms. The Hall–Kier alpha value is -2.21. The number of likely N-dealkylation sites (N-methyl/N-ethyl adjacent to an activating group) is 1. The molecule has 0 aromatic heterocycles. The molecule has 100 valence electrons. The number of benzene rings is 1. The molecule has 1 aromatic carbocycles. The van der Waals surface area contributed by atoms with E-state index in [1.807, 2.05) is 0 Å². The second-order valence-electron chi connectivity index (χ2n) is 4.18. The molecule has 0 aliphatic carbocycles. The van der Waals surface area contributed by atoms with Crippen LogP contribution < -0.4 is 15.5 Å². The number of carbonyl (C=O) groups is 3. The number of Topliss-reactive ketones (excluding diaryl/α,β-unsaturated/α-hetero) is 1. The van der Waals surface area contributed by atoms with Crippen molar-refractivity contribution >= 4 is 23.3 Å². The second kappa shape index (κ2) is 5.62. The van der Waals surface area contributed by atoms with Gasteiger partial charge in [0.1, 0.15) is 0 Å². The number of anilines is 1. The van der Waals surface area contributed by atoms with E-state index in [0.717, 1.165) is 0 Å². The minimum atomic E-state index is -0.637. The topological polar surface area (TPSA) is 78.5 Å². The van der Waals surface area contributed by atoms with Gasteiger partial charge in [0.15, 0.2) is 5.78 Å². The van der Waals surface area contributed by atoms with E-state index in [4.69, 9.17) is 0 Å². The standard InChI is InChI=1S/C13H15N3O3/c1-14-8-11(17)9-4-2-3-5-10(9)16-7-6-15-12(18)13(16)19/h2-5,14H,6-8H2,1H3,(H,15,18). The number of carbonyl (C=O) groups excluding carboxylic acids is 3. The van der Waals surface area contributed by atoms with Crippen molar-refractivity contribution in [2.45, 2.75) is 0 Å². The minimum absolute atomic E-state index is 0.114. The number of amides is 2. The number of rotatable bonds is 4. The highest BCUT2D eigenvalue weighted by molar-refractivity contribution is 6.41. The maximum atomic E-state index is 12.0. The molecule has 1 aromatic rings. The van der Waals surface area contributed by atoms with Crippen LogP contribution in [0.2, 0.25) is 0 Å². The third kappa shape index (κ3) is 2.63. The molecule has 2 N–H and O–H groups in total. The summed E-state index contributed by atoms with van der Waals surface area (Å²) in [6.45, 7) is 0.943. The summed E-state index contributed by atoms with van der Waals surface area (Å²) in [4.78, 5) is 36.6. The van der Waals surface area contributed by atoms with E-state index >= 15 is 0 Å². The van der Waals surface area contributed by atoms with Crippen molar-refractivity contribution in [3.05, 3.63) is 29.8 Å². The first-order chi connectivity index (χ1) is 9.15. The van der Waals surface area contributed by atoms with Crippen LogP contribution in [0.25, 0.3) is 0 Å². The average molecular weight is 261 g/mol. The fourth-order valence-electron chi connectivity index (χ4n) is 2.01. The Morgan fingerprint density at radius 2 is 2.11 bits per heavy atom. The lowest BCUT2D eigenvalue weighted by atomic mass is 10.1. The quantitative estimate of drug-likeness (QED) is 0.568. The van der Waals surface area contributed by atoms with Crippen LogP contribution in [0.5, 0.6) is 0 Å². The number of hydrogen-bond donors (Lipinski definition) is 2. The van der Waals surface area contributed by atoms with E-state index in [1.165, 1.54) is 4.90 Å². The summed E-state index contributed by atoms with van der Waals surface area (Å²) < 4.78 is 0. The van der Waals surface area contributed by atoms with Gasteiger partial charge >= 0.3 is 11.8 Å². The van der Waals surface area contributed by atoms with Crippen LogP contribution in [0, 0.1) is 0 Å². The monoisotopic (exact) mass is 261 g/mol. The number of nitrogens with one attached hydrogen (secondary N) is 2. The highest BCUT2D eigenvalue weighted by atomic mass is 16.2. The number of piperazine rings is 1. The van der Waals surface area contributed by atoms with Gasteiger partial charge in [0.05, 0.1) is 12.2 Å². The predicted octanol–water partition coefficient (Wildman–Crippen LogP) is -0.448. The molecule has 1 fully saturated rings. The molecule has 0 radical (unpaired) electrons. The van der Waals surface area contributed by atoms with Crippen molar-refractivity contribution in [1.82, 2.24) is 10.6 Å². The summed E-state index contributed by atoms with van der Waals surface area (Å²) in [7, 11) is 1.68. The SMILES string of the molecule is CNCC(=O)c1ccccc1N1CCNC(=O)C1=O. The van der Waals surface area contributed by atoms with Crippen LogP contribution in [0.3, 0.4) is 0 Å². The zero-order valence-corrected chi connectivity index (χ0v) is 10.6. The van der Waals surface area contributed by atoms with Gasteiger partial charge in [-0.1, -0.05) is 12.1 Å². The molecule has 0 unspecified atom stereocenters. The van der Waals surface area contributed by atoms with Crippen LogP contribution in [-0.2, 0) is 9.59 Å². The number of hydrogen-bond acceptors (Lipinski definition) is 4. The Morgan fingerprint density at radius 1 is 1.37 bits per heavy atom. The Kier molecular flexibility index (Phi) is 3.91. The average Bonchev–Trinajstić information content (AvgIpc) is 2.42. The molecular weight excluding hydrogens is 246 g/mol. The molecule has 2 rings (SSSR count). The Balaban J connectivity index is 2.36. The van der Waals surface area contributed by atoms with Crippen molar-refractivity contribution in [1.29, 1.82) is 0 Å². The number of nitrogens with zero attached hydrogens (tertiary/aromatic N) is 1. The van der Waals surface area contributed by atoms with Crippen molar-refractivity contribution in [2.24, 2.45) is 0 Å². The van der Waals surface area contributed by atoms with E-state index in [1.54, 1.807) is 31.3 Å². The van der Waals surface area contributed by atoms with Crippen molar-refractivity contribution in [2.75, 3.05) is 31.6 Å². The summed E-state index contributed by atoms with van der Waals surface area (Å²) in [5.41, 5.74) is 0.933. The van der Waals surface area contributed by atoms with Gasteiger partial charge in [-0.3, -0.25) is 14.4 Å². The van der Waals surface area contributed by atoms with Gasteiger partial charge < -0.3 is 15.5 Å². The molecule has 1 heterocycles. The molecule has 6 heteroatoms. The van der Waals surface area contributed by atoms with Crippen molar-refractivity contribution in [3.8, 4) is 0 Å². The van der Waals surface area contributed by atoms with Gasteiger partial charge in [-0.15, -0.1) is 0 Å². The number of ketones is 1. The second-order valence-corrected chi connectivity index (χ2v) is 4.18. The molecule has 1 aliphatic heterocycles. The van der Waals surface area contributed by atoms with Crippen LogP contribution in [0.15, 0.2) is 24.3 Å². The maximum absolute atomic E-state index is 12.0. The van der Waals surface area contributed by atoms with E-state index in [-0.39, 0.29) is 12.3 Å². The first kappa shape index (κ1) is 13.2. The van der Waals surface area contributed by atoms with Crippen LogP contribution in [-0.4, -0.2) is 44.3 Å². The highest BCUT2D eigenvalue weighted by Crippen LogP contribution is 2.21. The molecular formula is C13H15N3O3. The van der Waals surface area contributed by atoms with Crippen molar-refractivity contribution in [3.63, 3.8) is 0 Å². The van der Waals surface area contributed by atoms with Crippen LogP contribution >= 0.6 is 0 Å². The van der Waals surface area contributed by atoms with Gasteiger partial charge in [-0.05, 0) is 19.2 Å². The Morgan fingerprint density at radius 3 is 2.84 bits per heavy atom. The lowest BCUT2D eigenvalue weighted by Crippen LogP contribution is -2.52. The smallest absolute Gasteiger partial charge is 0.316 e. The summed E-state index contributed by atoms with van der Waals surface area (Å²) in [5.74, 6) is -1.38. The molecule has 1 aliphatic rings. The zero-order valence-electron chi connectivity index (χ0n) is 10.6. The normalized spacial score (nSPS) is 15.3. The largest absolute Gasteiger partial charge is 0.346 e. The van der Waals surface area contributed by atoms with Gasteiger partial charge in [-0.2, -0.15) is 0 Å². The molecule has 0 atom stereocenters. The molecule has 6 nitrogen and oxygen atoms in total. The van der Waals surface area contributed by atoms with Gasteiger partial charge in [0.25, 0.3) is 0 Å². The third-order valence-electron chi connectivity index (χ3n) is 2.89. The van der Waals surface area contributed by atoms with E-state index in [0.29, 0.717) is 24.3 Å². The van der Waals surface area contributed by atoms with Crippen LogP contribution in [0.1, 0.15) is 10.4 Å². The first-order valence-corrected chi connectivity index (χ1v) is 6.01. The molecule has 19 heavy (non-hydrogen) atoms. The molecule has 2 amide bonds. The third-order valence-corrected chi connectivity index (χ3v) is 2.89. The lowest BCUT2D eigenvalue weighted by molar-refractivity contribution is -0.138. The van der Waals surface area contributed by atoms with Gasteiger partial charge in [0, 0.05) is 18.7 Å². The summed E-state index contributed by atoms with van der Waals surface area (Å²) in [6.07, 6.45) is 0. The van der Waals surface area contributed by atoms with E-state index < -0.39 is 11.8 Å². The maximum Gasteiger partial charge on any atom is 0.316 e. The van der Waals surface area contributed by atoms with E-state index in [2.05, 4.69) is 10.6 Å². The first-order valence-electron chi connectivity index (χ1n) is 6.01. The Bertz CT molecular complexity index is 528. The fourth-order valence-corrected chi connectivity index (χ4v) is 2.01. The molecule has 1 saturated heterocycles. The minimum Gasteiger partial charge on any atom is -0.346 e. The van der Waals surface area contributed by atoms with Crippen molar-refractivity contribution < 1.29 is 14.4 Å². The van der Waals surface area contributed by atoms with Gasteiger partial charge in [-0.25, -0.2) is 0 Å². The van der Waals surface area contributed by atoms with E-state index in [9.17, 15) is 14.4 Å². The zero-order chi connectivity index (χ0) is 13.8. The summed E-state index contributed by atoms with van der Waals surface area (Å²) in [6, 6.07) is 6.82. The Labute approximate surface area is 110 Å². The number of para-hydroxylation sites is 1.